The molecule has 11 heavy (non-hydrogen) atoms. The number of allylic oxidation sites excluding steroid dienone is 6. The van der Waals surface area contributed by atoms with E-state index >= 15 is 0 Å². The maximum Gasteiger partial charge on any atom is 0.00233 e. The van der Waals surface area contributed by atoms with Crippen LogP contribution in [0.2, 0.25) is 0 Å². The van der Waals surface area contributed by atoms with Gasteiger partial charge in [-0.05, 0) is 30.8 Å². The lowest BCUT2D eigenvalue weighted by molar-refractivity contribution is 0.527. The van der Waals surface area contributed by atoms with Gasteiger partial charge >= 0.3 is 0 Å². The molecule has 0 aromatic carbocycles. The minimum absolute atomic E-state index is 0.794. The molecule has 3 rings (SSSR count). The van der Waals surface area contributed by atoms with Gasteiger partial charge in [0.1, 0.15) is 0 Å². The van der Waals surface area contributed by atoms with Gasteiger partial charge in [-0.25, -0.2) is 0 Å². The summed E-state index contributed by atoms with van der Waals surface area (Å²) in [4.78, 5) is 0. The van der Waals surface area contributed by atoms with Gasteiger partial charge in [-0.3, -0.25) is 0 Å². The molecule has 0 N–H and O–H groups in total. The molecule has 2 unspecified atom stereocenters. The van der Waals surface area contributed by atoms with Gasteiger partial charge in [0.25, 0.3) is 0 Å². The summed E-state index contributed by atoms with van der Waals surface area (Å²) >= 11 is 0. The highest BCUT2D eigenvalue weighted by Crippen LogP contribution is 2.44. The molecular weight excluding hydrogens is 132 g/mol. The summed E-state index contributed by atoms with van der Waals surface area (Å²) in [6.07, 6.45) is 13.5. The molecule has 0 saturated heterocycles. The normalized spacial score (nSPS) is 38.5. The minimum Gasteiger partial charge on any atom is -0.0845 e. The fourth-order valence-corrected chi connectivity index (χ4v) is 2.62. The van der Waals surface area contributed by atoms with Crippen molar-refractivity contribution in [3.63, 3.8) is 0 Å². The second kappa shape index (κ2) is 1.88. The van der Waals surface area contributed by atoms with Crippen LogP contribution in [0.1, 0.15) is 19.3 Å². The highest BCUT2D eigenvalue weighted by Gasteiger charge is 2.30. The Balaban J connectivity index is 2.08. The maximum absolute atomic E-state index is 2.41. The monoisotopic (exact) mass is 144 g/mol. The quantitative estimate of drug-likeness (QED) is 0.458. The summed E-state index contributed by atoms with van der Waals surface area (Å²) in [5, 5.41) is 0. The molecule has 0 radical (unpaired) electrons. The summed E-state index contributed by atoms with van der Waals surface area (Å²) in [5.41, 5.74) is 3.37. The fraction of sp³-hybridized carbons (Fsp3) is 0.455. The van der Waals surface area contributed by atoms with Crippen LogP contribution in [0.4, 0.5) is 0 Å². The van der Waals surface area contributed by atoms with Gasteiger partial charge in [0.2, 0.25) is 0 Å². The van der Waals surface area contributed by atoms with Gasteiger partial charge in [-0.2, -0.15) is 0 Å². The standard InChI is InChI=1S/C11H12/c1-2-9-6-8-4-5-10(7-8)11(9)3-1/h1,3-5,8,10H,2,6-7H2. The fourth-order valence-electron chi connectivity index (χ4n) is 2.62. The molecule has 0 spiro atoms. The molecule has 0 saturated carbocycles. The Morgan fingerprint density at radius 1 is 1.27 bits per heavy atom. The van der Waals surface area contributed by atoms with Crippen LogP contribution in [-0.2, 0) is 0 Å². The minimum atomic E-state index is 0.794. The third-order valence-corrected chi connectivity index (χ3v) is 3.15. The molecule has 0 heteroatoms. The van der Waals surface area contributed by atoms with Crippen LogP contribution in [0.3, 0.4) is 0 Å². The van der Waals surface area contributed by atoms with Gasteiger partial charge < -0.3 is 0 Å². The van der Waals surface area contributed by atoms with E-state index in [4.69, 9.17) is 0 Å². The van der Waals surface area contributed by atoms with Crippen LogP contribution in [0.5, 0.6) is 0 Å². The molecule has 2 atom stereocenters. The first kappa shape index (κ1) is 5.82. The SMILES string of the molecule is C1=CC2=C(C1)CC1C=CC2C1. The maximum atomic E-state index is 2.41. The molecule has 0 nitrogen and oxygen atoms in total. The molecule has 0 fully saturated rings. The van der Waals surface area contributed by atoms with E-state index in [9.17, 15) is 0 Å². The zero-order valence-corrected chi connectivity index (χ0v) is 6.59. The first-order valence-corrected chi connectivity index (χ1v) is 4.50. The number of hydrogen-bond donors (Lipinski definition) is 0. The van der Waals surface area contributed by atoms with Gasteiger partial charge in [-0.1, -0.05) is 29.9 Å². The Bertz CT molecular complexity index is 278. The van der Waals surface area contributed by atoms with Crippen LogP contribution in [-0.4, -0.2) is 0 Å². The Kier molecular flexibility index (Phi) is 0.993. The molecule has 56 valence electrons. The van der Waals surface area contributed by atoms with Crippen molar-refractivity contribution in [2.24, 2.45) is 11.8 Å². The van der Waals surface area contributed by atoms with Crippen molar-refractivity contribution in [1.29, 1.82) is 0 Å². The van der Waals surface area contributed by atoms with Crippen molar-refractivity contribution in [3.05, 3.63) is 35.5 Å². The van der Waals surface area contributed by atoms with Crippen molar-refractivity contribution >= 4 is 0 Å². The largest absolute Gasteiger partial charge is 0.0845 e. The number of rotatable bonds is 0. The third-order valence-electron chi connectivity index (χ3n) is 3.15. The van der Waals surface area contributed by atoms with Crippen LogP contribution in [0, 0.1) is 11.8 Å². The molecule has 3 aliphatic rings. The molecule has 0 amide bonds. The Labute approximate surface area is 67.3 Å². The van der Waals surface area contributed by atoms with Gasteiger partial charge in [0, 0.05) is 5.92 Å². The summed E-state index contributed by atoms with van der Waals surface area (Å²) in [6, 6.07) is 0. The molecular formula is C11H12. The van der Waals surface area contributed by atoms with Crippen molar-refractivity contribution < 1.29 is 0 Å². The lowest BCUT2D eigenvalue weighted by Gasteiger charge is -2.21. The highest BCUT2D eigenvalue weighted by atomic mass is 14.3. The smallest absolute Gasteiger partial charge is 0.00233 e. The molecule has 0 heterocycles. The predicted molar refractivity (Wildman–Crippen MR) is 46.1 cm³/mol. The zero-order valence-electron chi connectivity index (χ0n) is 6.59. The summed E-state index contributed by atoms with van der Waals surface area (Å²) < 4.78 is 0. The van der Waals surface area contributed by atoms with E-state index in [0.29, 0.717) is 0 Å². The average molecular weight is 144 g/mol. The van der Waals surface area contributed by atoms with Gasteiger partial charge in [0.15, 0.2) is 0 Å². The Morgan fingerprint density at radius 2 is 2.27 bits per heavy atom. The van der Waals surface area contributed by atoms with Crippen molar-refractivity contribution in [1.82, 2.24) is 0 Å². The summed E-state index contributed by atoms with van der Waals surface area (Å²) in [5.74, 6) is 1.68. The lowest BCUT2D eigenvalue weighted by Crippen LogP contribution is -2.08. The molecule has 0 aliphatic heterocycles. The predicted octanol–water partition coefficient (Wildman–Crippen LogP) is 2.84. The van der Waals surface area contributed by atoms with E-state index in [1.165, 1.54) is 19.3 Å². The second-order valence-electron chi connectivity index (χ2n) is 3.86. The van der Waals surface area contributed by atoms with Crippen LogP contribution >= 0.6 is 0 Å². The average Bonchev–Trinajstić information content (AvgIpc) is 2.58. The Morgan fingerprint density at radius 3 is 3.27 bits per heavy atom. The molecule has 0 aromatic heterocycles. The summed E-state index contributed by atoms with van der Waals surface area (Å²) in [7, 11) is 0. The van der Waals surface area contributed by atoms with Gasteiger partial charge in [0.05, 0.1) is 0 Å². The second-order valence-corrected chi connectivity index (χ2v) is 3.86. The van der Waals surface area contributed by atoms with Crippen LogP contribution in [0.25, 0.3) is 0 Å². The number of hydrogen-bond acceptors (Lipinski definition) is 0. The van der Waals surface area contributed by atoms with Gasteiger partial charge in [-0.15, -0.1) is 0 Å². The van der Waals surface area contributed by atoms with E-state index in [2.05, 4.69) is 24.3 Å². The highest BCUT2D eigenvalue weighted by molar-refractivity contribution is 5.42. The van der Waals surface area contributed by atoms with Crippen molar-refractivity contribution in [2.45, 2.75) is 19.3 Å². The van der Waals surface area contributed by atoms with E-state index in [0.717, 1.165) is 11.8 Å². The Hall–Kier alpha value is -0.780. The summed E-state index contributed by atoms with van der Waals surface area (Å²) in [6.45, 7) is 0. The van der Waals surface area contributed by atoms with Crippen LogP contribution < -0.4 is 0 Å². The molecule has 3 aliphatic carbocycles. The lowest BCUT2D eigenvalue weighted by atomic mass is 9.83. The molecule has 2 bridgehead atoms. The van der Waals surface area contributed by atoms with E-state index in [-0.39, 0.29) is 0 Å². The van der Waals surface area contributed by atoms with Crippen molar-refractivity contribution in [2.75, 3.05) is 0 Å². The first-order chi connectivity index (χ1) is 5.43. The topological polar surface area (TPSA) is 0 Å². The molecule has 0 aromatic rings. The van der Waals surface area contributed by atoms with E-state index < -0.39 is 0 Å². The van der Waals surface area contributed by atoms with E-state index in [1.807, 2.05) is 0 Å². The zero-order chi connectivity index (χ0) is 7.26. The third kappa shape index (κ3) is 0.699. The van der Waals surface area contributed by atoms with Crippen molar-refractivity contribution in [3.8, 4) is 0 Å². The first-order valence-electron chi connectivity index (χ1n) is 4.50. The van der Waals surface area contributed by atoms with E-state index in [1.54, 1.807) is 11.1 Å². The van der Waals surface area contributed by atoms with Crippen LogP contribution in [0.15, 0.2) is 35.5 Å². The number of fused-ring (bicyclic) bond motifs is 3.